The van der Waals surface area contributed by atoms with Crippen LogP contribution in [0.5, 0.6) is 0 Å². The van der Waals surface area contributed by atoms with Crippen LogP contribution in [0, 0.1) is 0 Å². The first-order valence-corrected chi connectivity index (χ1v) is 7.50. The number of carboxylic acids is 1. The van der Waals surface area contributed by atoms with E-state index in [1.807, 2.05) is 0 Å². The lowest BCUT2D eigenvalue weighted by Crippen LogP contribution is -2.49. The summed E-state index contributed by atoms with van der Waals surface area (Å²) < 4.78 is 0. The quantitative estimate of drug-likeness (QED) is 0.334. The molecular formula is C13H29N5O2. The van der Waals surface area contributed by atoms with Gasteiger partial charge in [0.2, 0.25) is 0 Å². The van der Waals surface area contributed by atoms with Crippen LogP contribution in [0.3, 0.4) is 0 Å². The van der Waals surface area contributed by atoms with Gasteiger partial charge in [-0.05, 0) is 0 Å². The zero-order chi connectivity index (χ0) is 14.6. The van der Waals surface area contributed by atoms with Crippen molar-refractivity contribution < 1.29 is 9.90 Å². The Morgan fingerprint density at radius 2 is 1.45 bits per heavy atom. The number of piperazine rings is 1. The second kappa shape index (κ2) is 11.0. The highest BCUT2D eigenvalue weighted by atomic mass is 16.4. The van der Waals surface area contributed by atoms with Gasteiger partial charge in [0, 0.05) is 72.0 Å². The van der Waals surface area contributed by atoms with Crippen LogP contribution >= 0.6 is 0 Å². The molecule has 7 nitrogen and oxygen atoms in total. The van der Waals surface area contributed by atoms with Gasteiger partial charge < -0.3 is 21.5 Å². The molecule has 1 heterocycles. The molecule has 0 atom stereocenters. The van der Waals surface area contributed by atoms with Gasteiger partial charge in [-0.2, -0.15) is 0 Å². The van der Waals surface area contributed by atoms with Gasteiger partial charge in [0.25, 0.3) is 0 Å². The fraction of sp³-hybridized carbons (Fsp3) is 0.923. The molecule has 0 saturated carbocycles. The van der Waals surface area contributed by atoms with E-state index in [-0.39, 0.29) is 6.42 Å². The highest BCUT2D eigenvalue weighted by Gasteiger charge is 2.15. The summed E-state index contributed by atoms with van der Waals surface area (Å²) in [5, 5.41) is 15.0. The summed E-state index contributed by atoms with van der Waals surface area (Å²) in [5.41, 5.74) is 5.43. The van der Waals surface area contributed by atoms with Gasteiger partial charge >= 0.3 is 5.97 Å². The summed E-state index contributed by atoms with van der Waals surface area (Å²) in [5.74, 6) is -0.741. The van der Waals surface area contributed by atoms with Crippen molar-refractivity contribution in [3.63, 3.8) is 0 Å². The summed E-state index contributed by atoms with van der Waals surface area (Å²) >= 11 is 0. The van der Waals surface area contributed by atoms with Crippen molar-refractivity contribution in [2.24, 2.45) is 5.73 Å². The van der Waals surface area contributed by atoms with E-state index in [9.17, 15) is 4.79 Å². The van der Waals surface area contributed by atoms with Crippen molar-refractivity contribution in [2.75, 3.05) is 72.0 Å². The van der Waals surface area contributed by atoms with E-state index < -0.39 is 5.97 Å². The third-order valence-corrected chi connectivity index (χ3v) is 3.51. The maximum absolute atomic E-state index is 10.4. The minimum Gasteiger partial charge on any atom is -0.481 e. The lowest BCUT2D eigenvalue weighted by molar-refractivity contribution is -0.136. The first-order valence-electron chi connectivity index (χ1n) is 7.50. The lowest BCUT2D eigenvalue weighted by Gasteiger charge is -2.34. The zero-order valence-corrected chi connectivity index (χ0v) is 12.3. The Hall–Kier alpha value is -0.730. The van der Waals surface area contributed by atoms with E-state index in [1.54, 1.807) is 0 Å². The van der Waals surface area contributed by atoms with Crippen LogP contribution in [-0.2, 0) is 4.79 Å². The van der Waals surface area contributed by atoms with Gasteiger partial charge in [0.15, 0.2) is 0 Å². The van der Waals surface area contributed by atoms with Crippen LogP contribution in [0.4, 0.5) is 0 Å². The van der Waals surface area contributed by atoms with Gasteiger partial charge in [0.1, 0.15) is 0 Å². The number of hydrogen-bond acceptors (Lipinski definition) is 6. The van der Waals surface area contributed by atoms with Crippen LogP contribution in [0.1, 0.15) is 6.42 Å². The molecule has 1 saturated heterocycles. The number of aliphatic carboxylic acids is 1. The summed E-state index contributed by atoms with van der Waals surface area (Å²) in [4.78, 5) is 15.3. The van der Waals surface area contributed by atoms with E-state index in [0.29, 0.717) is 13.1 Å². The average Bonchev–Trinajstić information content (AvgIpc) is 2.44. The lowest BCUT2D eigenvalue weighted by atomic mass is 10.3. The molecule has 0 aromatic rings. The van der Waals surface area contributed by atoms with Crippen LogP contribution in [0.25, 0.3) is 0 Å². The topological polar surface area (TPSA) is 93.9 Å². The number of carbonyl (C=O) groups is 1. The molecule has 1 aliphatic rings. The van der Waals surface area contributed by atoms with Crippen molar-refractivity contribution in [2.45, 2.75) is 6.42 Å². The molecular weight excluding hydrogens is 258 g/mol. The Bertz CT molecular complexity index is 257. The normalized spacial score (nSPS) is 17.4. The second-order valence-electron chi connectivity index (χ2n) is 5.12. The monoisotopic (exact) mass is 287 g/mol. The third kappa shape index (κ3) is 8.44. The molecule has 1 fully saturated rings. The summed E-state index contributed by atoms with van der Waals surface area (Å²) in [7, 11) is 0. The molecule has 0 radical (unpaired) electrons. The van der Waals surface area contributed by atoms with E-state index in [2.05, 4.69) is 20.4 Å². The molecule has 0 bridgehead atoms. The molecule has 0 amide bonds. The maximum Gasteiger partial charge on any atom is 0.304 e. The second-order valence-corrected chi connectivity index (χ2v) is 5.12. The Kier molecular flexibility index (Phi) is 9.52. The fourth-order valence-corrected chi connectivity index (χ4v) is 2.26. The standard InChI is InChI=1S/C13H29N5O2/c14-2-4-16-6-8-18-11-9-17(10-12-18)7-5-15-3-1-13(19)20/h15-16H,1-12,14H2,(H,19,20). The highest BCUT2D eigenvalue weighted by Crippen LogP contribution is 2.00. The molecule has 5 N–H and O–H groups in total. The molecule has 0 unspecified atom stereocenters. The highest BCUT2D eigenvalue weighted by molar-refractivity contribution is 5.66. The van der Waals surface area contributed by atoms with E-state index in [0.717, 1.165) is 58.9 Å². The maximum atomic E-state index is 10.4. The Labute approximate surface area is 121 Å². The molecule has 0 aliphatic carbocycles. The van der Waals surface area contributed by atoms with Crippen LogP contribution < -0.4 is 16.4 Å². The van der Waals surface area contributed by atoms with Crippen molar-refractivity contribution in [3.05, 3.63) is 0 Å². The number of rotatable bonds is 11. The minimum atomic E-state index is -0.741. The molecule has 0 aromatic carbocycles. The van der Waals surface area contributed by atoms with Gasteiger partial charge in [-0.15, -0.1) is 0 Å². The van der Waals surface area contributed by atoms with Gasteiger partial charge in [0.05, 0.1) is 6.42 Å². The molecule has 118 valence electrons. The van der Waals surface area contributed by atoms with E-state index in [1.165, 1.54) is 0 Å². The van der Waals surface area contributed by atoms with Gasteiger partial charge in [-0.3, -0.25) is 14.6 Å². The smallest absolute Gasteiger partial charge is 0.304 e. The predicted octanol–water partition coefficient (Wildman–Crippen LogP) is -1.78. The van der Waals surface area contributed by atoms with Gasteiger partial charge in [-0.25, -0.2) is 0 Å². The number of nitrogens with two attached hydrogens (primary N) is 1. The van der Waals surface area contributed by atoms with Crippen molar-refractivity contribution in [3.8, 4) is 0 Å². The van der Waals surface area contributed by atoms with E-state index in [4.69, 9.17) is 10.8 Å². The first-order chi connectivity index (χ1) is 9.72. The predicted molar refractivity (Wildman–Crippen MR) is 79.9 cm³/mol. The SMILES string of the molecule is NCCNCCN1CCN(CCNCCC(=O)O)CC1. The Balaban J connectivity index is 1.94. The average molecular weight is 287 g/mol. The summed E-state index contributed by atoms with van der Waals surface area (Å²) in [6.45, 7) is 10.5. The zero-order valence-electron chi connectivity index (χ0n) is 12.3. The van der Waals surface area contributed by atoms with Crippen LogP contribution in [0.15, 0.2) is 0 Å². The number of nitrogens with zero attached hydrogens (tertiary/aromatic N) is 2. The van der Waals surface area contributed by atoms with Gasteiger partial charge in [-0.1, -0.05) is 0 Å². The molecule has 20 heavy (non-hydrogen) atoms. The van der Waals surface area contributed by atoms with Crippen molar-refractivity contribution in [1.29, 1.82) is 0 Å². The number of carboxylic acid groups (broad SMARTS) is 1. The van der Waals surface area contributed by atoms with Crippen molar-refractivity contribution in [1.82, 2.24) is 20.4 Å². The number of nitrogens with one attached hydrogen (secondary N) is 2. The molecule has 0 spiro atoms. The molecule has 1 rings (SSSR count). The summed E-state index contributed by atoms with van der Waals surface area (Å²) in [6, 6.07) is 0. The molecule has 0 aromatic heterocycles. The van der Waals surface area contributed by atoms with E-state index >= 15 is 0 Å². The van der Waals surface area contributed by atoms with Crippen LogP contribution in [-0.4, -0.2) is 92.9 Å². The minimum absolute atomic E-state index is 0.198. The first kappa shape index (κ1) is 17.3. The number of hydrogen-bond donors (Lipinski definition) is 4. The summed E-state index contributed by atoms with van der Waals surface area (Å²) in [6.07, 6.45) is 0.198. The molecule has 7 heteroatoms. The largest absolute Gasteiger partial charge is 0.481 e. The Morgan fingerprint density at radius 3 is 1.90 bits per heavy atom. The van der Waals surface area contributed by atoms with Crippen LogP contribution in [0.2, 0.25) is 0 Å². The molecule has 1 aliphatic heterocycles. The fourth-order valence-electron chi connectivity index (χ4n) is 2.26. The van der Waals surface area contributed by atoms with Crippen molar-refractivity contribution >= 4 is 5.97 Å². The Morgan fingerprint density at radius 1 is 0.950 bits per heavy atom. The third-order valence-electron chi connectivity index (χ3n) is 3.51.